The van der Waals surface area contributed by atoms with Crippen LogP contribution in [0.4, 0.5) is 0 Å². The number of hydrogen-bond donors (Lipinski definition) is 0. The van der Waals surface area contributed by atoms with E-state index in [1.807, 2.05) is 11.6 Å². The number of aryl methyl sites for hydroxylation is 1. The van der Waals surface area contributed by atoms with Crippen LogP contribution in [0.5, 0.6) is 0 Å². The molecule has 1 aromatic heterocycles. The summed E-state index contributed by atoms with van der Waals surface area (Å²) in [5, 5.41) is 0. The van der Waals surface area contributed by atoms with E-state index in [0.29, 0.717) is 0 Å². The van der Waals surface area contributed by atoms with E-state index in [1.54, 1.807) is 0 Å². The summed E-state index contributed by atoms with van der Waals surface area (Å²) in [5.41, 5.74) is 1.17. The van der Waals surface area contributed by atoms with Gasteiger partial charge in [0, 0.05) is 19.8 Å². The van der Waals surface area contributed by atoms with E-state index in [-0.39, 0.29) is 0 Å². The lowest BCUT2D eigenvalue weighted by atomic mass is 10.1. The first-order valence-corrected chi connectivity index (χ1v) is 5.95. The molecule has 0 aliphatic carbocycles. The smallest absolute Gasteiger partial charge is 0.177 e. The van der Waals surface area contributed by atoms with Crippen LogP contribution in [0.25, 0.3) is 0 Å². The Morgan fingerprint density at radius 2 is 2.07 bits per heavy atom. The summed E-state index contributed by atoms with van der Waals surface area (Å²) in [6.45, 7) is 3.46. The highest BCUT2D eigenvalue weighted by molar-refractivity contribution is 9.10. The third kappa shape index (κ3) is 2.36. The van der Waals surface area contributed by atoms with Crippen LogP contribution in [0.3, 0.4) is 0 Å². The molecule has 4 heteroatoms. The van der Waals surface area contributed by atoms with Gasteiger partial charge in [-0.1, -0.05) is 6.42 Å². The van der Waals surface area contributed by atoms with Gasteiger partial charge in [-0.2, -0.15) is 0 Å². The van der Waals surface area contributed by atoms with Crippen LogP contribution in [0.15, 0.2) is 10.9 Å². The van der Waals surface area contributed by atoms with E-state index >= 15 is 0 Å². The number of rotatable bonds is 2. The fourth-order valence-electron chi connectivity index (χ4n) is 1.93. The Morgan fingerprint density at radius 3 is 2.64 bits per heavy atom. The maximum Gasteiger partial charge on any atom is 0.177 e. The molecule has 1 aromatic rings. The van der Waals surface area contributed by atoms with Crippen molar-refractivity contribution in [3.8, 4) is 0 Å². The van der Waals surface area contributed by atoms with Gasteiger partial charge in [-0.15, -0.1) is 0 Å². The summed E-state index contributed by atoms with van der Waals surface area (Å²) in [4.78, 5) is 6.93. The zero-order chi connectivity index (χ0) is 9.97. The van der Waals surface area contributed by atoms with Crippen LogP contribution >= 0.6 is 15.9 Å². The van der Waals surface area contributed by atoms with Crippen LogP contribution in [-0.2, 0) is 13.6 Å². The third-order valence-electron chi connectivity index (χ3n) is 2.70. The summed E-state index contributed by atoms with van der Waals surface area (Å²) < 4.78 is 2.93. The SMILES string of the molecule is Cn1cc(CN2CCCCC2)nc1Br. The Bertz CT molecular complexity index is 283. The van der Waals surface area contributed by atoms with Gasteiger partial charge in [0.05, 0.1) is 5.69 Å². The van der Waals surface area contributed by atoms with Gasteiger partial charge in [0.2, 0.25) is 0 Å². The van der Waals surface area contributed by atoms with Crippen molar-refractivity contribution in [2.75, 3.05) is 13.1 Å². The van der Waals surface area contributed by atoms with Gasteiger partial charge >= 0.3 is 0 Å². The molecule has 78 valence electrons. The van der Waals surface area contributed by atoms with E-state index in [0.717, 1.165) is 11.3 Å². The molecular formula is C10H16BrN3. The number of hydrogen-bond acceptors (Lipinski definition) is 2. The Morgan fingerprint density at radius 1 is 1.36 bits per heavy atom. The highest BCUT2D eigenvalue weighted by Crippen LogP contribution is 2.14. The van der Waals surface area contributed by atoms with Gasteiger partial charge in [-0.05, 0) is 41.9 Å². The van der Waals surface area contributed by atoms with E-state index < -0.39 is 0 Å². The second kappa shape index (κ2) is 4.45. The first-order chi connectivity index (χ1) is 6.75. The van der Waals surface area contributed by atoms with Crippen molar-refractivity contribution >= 4 is 15.9 Å². The minimum Gasteiger partial charge on any atom is -0.328 e. The Balaban J connectivity index is 1.95. The number of aromatic nitrogens is 2. The van der Waals surface area contributed by atoms with Crippen LogP contribution in [0.2, 0.25) is 0 Å². The van der Waals surface area contributed by atoms with E-state index in [1.165, 1.54) is 38.0 Å². The molecule has 0 saturated carbocycles. The zero-order valence-electron chi connectivity index (χ0n) is 8.54. The predicted molar refractivity (Wildman–Crippen MR) is 60.0 cm³/mol. The molecule has 1 saturated heterocycles. The van der Waals surface area contributed by atoms with Crippen LogP contribution in [-0.4, -0.2) is 27.5 Å². The largest absolute Gasteiger partial charge is 0.328 e. The number of imidazole rings is 1. The third-order valence-corrected chi connectivity index (χ3v) is 3.44. The molecule has 0 aromatic carbocycles. The van der Waals surface area contributed by atoms with Crippen molar-refractivity contribution in [1.82, 2.24) is 14.5 Å². The van der Waals surface area contributed by atoms with Crippen molar-refractivity contribution in [2.45, 2.75) is 25.8 Å². The monoisotopic (exact) mass is 257 g/mol. The predicted octanol–water partition coefficient (Wildman–Crippen LogP) is 2.17. The molecule has 1 aliphatic rings. The zero-order valence-corrected chi connectivity index (χ0v) is 10.1. The summed E-state index contributed by atoms with van der Waals surface area (Å²) in [7, 11) is 2.01. The molecule has 0 unspecified atom stereocenters. The minimum absolute atomic E-state index is 0.921. The number of likely N-dealkylation sites (tertiary alicyclic amines) is 1. The Kier molecular flexibility index (Phi) is 3.23. The lowest BCUT2D eigenvalue weighted by Crippen LogP contribution is -2.29. The van der Waals surface area contributed by atoms with Crippen molar-refractivity contribution in [1.29, 1.82) is 0 Å². The second-order valence-corrected chi connectivity index (χ2v) is 4.66. The van der Waals surface area contributed by atoms with Crippen molar-refractivity contribution in [3.63, 3.8) is 0 Å². The van der Waals surface area contributed by atoms with Crippen molar-refractivity contribution in [3.05, 3.63) is 16.6 Å². The molecule has 0 amide bonds. The first-order valence-electron chi connectivity index (χ1n) is 5.16. The molecule has 0 spiro atoms. The van der Waals surface area contributed by atoms with Gasteiger partial charge in [-0.3, -0.25) is 4.90 Å². The molecule has 2 rings (SSSR count). The van der Waals surface area contributed by atoms with Gasteiger partial charge < -0.3 is 4.57 Å². The maximum absolute atomic E-state index is 4.44. The van der Waals surface area contributed by atoms with Crippen LogP contribution in [0.1, 0.15) is 25.0 Å². The van der Waals surface area contributed by atoms with Gasteiger partial charge in [0.1, 0.15) is 0 Å². The second-order valence-electron chi connectivity index (χ2n) is 3.95. The van der Waals surface area contributed by atoms with Gasteiger partial charge in [-0.25, -0.2) is 4.98 Å². The fraction of sp³-hybridized carbons (Fsp3) is 0.700. The molecule has 0 atom stereocenters. The van der Waals surface area contributed by atoms with Gasteiger partial charge in [0.25, 0.3) is 0 Å². The molecular weight excluding hydrogens is 242 g/mol. The molecule has 0 N–H and O–H groups in total. The Labute approximate surface area is 93.2 Å². The highest BCUT2D eigenvalue weighted by Gasteiger charge is 2.12. The van der Waals surface area contributed by atoms with E-state index in [9.17, 15) is 0 Å². The summed E-state index contributed by atoms with van der Waals surface area (Å²) in [6.07, 6.45) is 6.17. The summed E-state index contributed by atoms with van der Waals surface area (Å²) in [6, 6.07) is 0. The van der Waals surface area contributed by atoms with Crippen molar-refractivity contribution in [2.24, 2.45) is 7.05 Å². The van der Waals surface area contributed by atoms with Crippen molar-refractivity contribution < 1.29 is 0 Å². The average Bonchev–Trinajstić information content (AvgIpc) is 2.47. The quantitative estimate of drug-likeness (QED) is 0.810. The molecule has 1 fully saturated rings. The highest BCUT2D eigenvalue weighted by atomic mass is 79.9. The first kappa shape index (κ1) is 10.2. The van der Waals surface area contributed by atoms with Gasteiger partial charge in [0.15, 0.2) is 4.73 Å². The molecule has 3 nitrogen and oxygen atoms in total. The lowest BCUT2D eigenvalue weighted by Gasteiger charge is -2.25. The molecule has 1 aliphatic heterocycles. The Hall–Kier alpha value is -0.350. The normalized spacial score (nSPS) is 18.7. The molecule has 14 heavy (non-hydrogen) atoms. The van der Waals surface area contributed by atoms with Crippen LogP contribution in [0, 0.1) is 0 Å². The maximum atomic E-state index is 4.44. The number of halogens is 1. The minimum atomic E-state index is 0.921. The van der Waals surface area contributed by atoms with E-state index in [4.69, 9.17) is 0 Å². The van der Waals surface area contributed by atoms with Crippen LogP contribution < -0.4 is 0 Å². The number of piperidine rings is 1. The molecule has 0 bridgehead atoms. The summed E-state index contributed by atoms with van der Waals surface area (Å²) in [5.74, 6) is 0. The molecule has 2 heterocycles. The topological polar surface area (TPSA) is 21.1 Å². The fourth-order valence-corrected chi connectivity index (χ4v) is 2.26. The number of nitrogens with zero attached hydrogens (tertiary/aromatic N) is 3. The summed E-state index contributed by atoms with van der Waals surface area (Å²) >= 11 is 3.41. The average molecular weight is 258 g/mol. The lowest BCUT2D eigenvalue weighted by molar-refractivity contribution is 0.218. The molecule has 0 radical (unpaired) electrons. The van der Waals surface area contributed by atoms with E-state index in [2.05, 4.69) is 32.0 Å². The standard InChI is InChI=1S/C10H16BrN3/c1-13-7-9(12-10(13)11)8-14-5-3-2-4-6-14/h7H,2-6,8H2,1H3.